The van der Waals surface area contributed by atoms with Crippen LogP contribution in [0, 0.1) is 0 Å². The third-order valence-electron chi connectivity index (χ3n) is 3.10. The van der Waals surface area contributed by atoms with E-state index in [1.165, 1.54) is 0 Å². The molecule has 0 aliphatic rings. The van der Waals surface area contributed by atoms with Gasteiger partial charge in [-0.2, -0.15) is 0 Å². The van der Waals surface area contributed by atoms with Gasteiger partial charge in [0.2, 0.25) is 0 Å². The average molecular weight is 318 g/mol. The Hall–Kier alpha value is -0.650. The predicted molar refractivity (Wildman–Crippen MR) is 87.1 cm³/mol. The lowest BCUT2D eigenvalue weighted by atomic mass is 10.2. The molecule has 0 spiro atoms. The molecule has 22 heavy (non-hydrogen) atoms. The summed E-state index contributed by atoms with van der Waals surface area (Å²) >= 11 is 0. The number of esters is 1. The second-order valence-electron chi connectivity index (χ2n) is 5.31. The predicted octanol–water partition coefficient (Wildman–Crippen LogP) is 3.35. The van der Waals surface area contributed by atoms with E-state index in [2.05, 4.69) is 6.92 Å². The van der Waals surface area contributed by atoms with Crippen molar-refractivity contribution in [3.63, 3.8) is 0 Å². The van der Waals surface area contributed by atoms with Crippen molar-refractivity contribution in [2.24, 2.45) is 0 Å². The fourth-order valence-corrected chi connectivity index (χ4v) is 1.87. The lowest BCUT2D eigenvalue weighted by Crippen LogP contribution is -2.07. The molecule has 0 aliphatic carbocycles. The van der Waals surface area contributed by atoms with Crippen molar-refractivity contribution < 1.29 is 23.7 Å². The Balaban J connectivity index is 3.10. The first-order valence-corrected chi connectivity index (χ1v) is 8.61. The first kappa shape index (κ1) is 21.4. The highest BCUT2D eigenvalue weighted by atomic mass is 16.5. The molecular formula is C17H34O5. The number of carbonyl (C=O) groups is 1. The second kappa shape index (κ2) is 18.4. The zero-order valence-electron chi connectivity index (χ0n) is 14.4. The lowest BCUT2D eigenvalue weighted by Gasteiger charge is -2.06. The number of hydrogen-bond acceptors (Lipinski definition) is 5. The number of rotatable bonds is 17. The average Bonchev–Trinajstić information content (AvgIpc) is 2.52. The summed E-state index contributed by atoms with van der Waals surface area (Å²) in [7, 11) is 1.69. The molecular weight excluding hydrogens is 284 g/mol. The molecule has 0 heterocycles. The van der Waals surface area contributed by atoms with Gasteiger partial charge in [0, 0.05) is 46.6 Å². The summed E-state index contributed by atoms with van der Waals surface area (Å²) in [6.07, 6.45) is 7.20. The van der Waals surface area contributed by atoms with Gasteiger partial charge in [-0.25, -0.2) is 0 Å². The minimum Gasteiger partial charge on any atom is -0.466 e. The van der Waals surface area contributed by atoms with Gasteiger partial charge in [0.25, 0.3) is 0 Å². The molecule has 0 atom stereocenters. The van der Waals surface area contributed by atoms with Crippen molar-refractivity contribution in [2.75, 3.05) is 46.8 Å². The fraction of sp³-hybridized carbons (Fsp3) is 0.941. The van der Waals surface area contributed by atoms with Gasteiger partial charge in [-0.05, 0) is 38.5 Å². The van der Waals surface area contributed by atoms with Gasteiger partial charge in [0.15, 0.2) is 0 Å². The van der Waals surface area contributed by atoms with Gasteiger partial charge >= 0.3 is 5.97 Å². The Morgan fingerprint density at radius 1 is 0.727 bits per heavy atom. The molecule has 0 fully saturated rings. The van der Waals surface area contributed by atoms with E-state index in [1.54, 1.807) is 7.11 Å². The number of ether oxygens (including phenoxy) is 4. The van der Waals surface area contributed by atoms with Gasteiger partial charge in [-0.3, -0.25) is 4.79 Å². The summed E-state index contributed by atoms with van der Waals surface area (Å²) in [6.45, 7) is 6.44. The fourth-order valence-electron chi connectivity index (χ4n) is 1.87. The smallest absolute Gasteiger partial charge is 0.305 e. The highest BCUT2D eigenvalue weighted by Crippen LogP contribution is 2.02. The maximum absolute atomic E-state index is 11.4. The maximum Gasteiger partial charge on any atom is 0.305 e. The van der Waals surface area contributed by atoms with Crippen LogP contribution in [-0.4, -0.2) is 52.7 Å². The first-order valence-electron chi connectivity index (χ1n) is 8.61. The third kappa shape index (κ3) is 17.4. The topological polar surface area (TPSA) is 54.0 Å². The van der Waals surface area contributed by atoms with Gasteiger partial charge in [0.1, 0.15) is 0 Å². The van der Waals surface area contributed by atoms with Crippen LogP contribution in [0.15, 0.2) is 0 Å². The van der Waals surface area contributed by atoms with Gasteiger partial charge in [0.05, 0.1) is 6.61 Å². The van der Waals surface area contributed by atoms with Gasteiger partial charge in [-0.15, -0.1) is 0 Å². The molecule has 0 bridgehead atoms. The summed E-state index contributed by atoms with van der Waals surface area (Å²) in [5.74, 6) is -0.0913. The number of carbonyl (C=O) groups excluding carboxylic acids is 1. The molecule has 0 aromatic carbocycles. The molecule has 132 valence electrons. The van der Waals surface area contributed by atoms with E-state index in [9.17, 15) is 4.79 Å². The monoisotopic (exact) mass is 318 g/mol. The van der Waals surface area contributed by atoms with Crippen LogP contribution in [0.5, 0.6) is 0 Å². The molecule has 5 heteroatoms. The van der Waals surface area contributed by atoms with Crippen LogP contribution in [0.4, 0.5) is 0 Å². The highest BCUT2D eigenvalue weighted by molar-refractivity contribution is 5.69. The lowest BCUT2D eigenvalue weighted by molar-refractivity contribution is -0.144. The van der Waals surface area contributed by atoms with E-state index in [1.807, 2.05) is 0 Å². The second-order valence-corrected chi connectivity index (χ2v) is 5.31. The number of methoxy groups -OCH3 is 1. The summed E-state index contributed by atoms with van der Waals surface area (Å²) in [4.78, 5) is 11.4. The molecule has 0 aromatic heterocycles. The van der Waals surface area contributed by atoms with Crippen LogP contribution in [-0.2, 0) is 23.7 Å². The Labute approximate surface area is 135 Å². The van der Waals surface area contributed by atoms with Crippen LogP contribution in [0.25, 0.3) is 0 Å². The van der Waals surface area contributed by atoms with Crippen molar-refractivity contribution >= 4 is 5.97 Å². The summed E-state index contributed by atoms with van der Waals surface area (Å²) in [6, 6.07) is 0. The minimum absolute atomic E-state index is 0.0913. The van der Waals surface area contributed by atoms with E-state index in [0.717, 1.165) is 78.0 Å². The summed E-state index contributed by atoms with van der Waals surface area (Å²) in [5, 5.41) is 0. The molecule has 0 unspecified atom stereocenters. The summed E-state index contributed by atoms with van der Waals surface area (Å²) < 4.78 is 21.0. The number of unbranched alkanes of at least 4 members (excludes halogenated alkanes) is 3. The molecule has 0 N–H and O–H groups in total. The zero-order valence-corrected chi connectivity index (χ0v) is 14.4. The van der Waals surface area contributed by atoms with Crippen LogP contribution in [0.1, 0.15) is 58.3 Å². The van der Waals surface area contributed by atoms with Crippen LogP contribution >= 0.6 is 0 Å². The van der Waals surface area contributed by atoms with E-state index in [0.29, 0.717) is 13.0 Å². The summed E-state index contributed by atoms with van der Waals surface area (Å²) in [5.41, 5.74) is 0. The Bertz CT molecular complexity index is 233. The Morgan fingerprint density at radius 3 is 2.09 bits per heavy atom. The largest absolute Gasteiger partial charge is 0.466 e. The molecule has 5 nitrogen and oxygen atoms in total. The number of hydrogen-bond donors (Lipinski definition) is 0. The molecule has 0 saturated carbocycles. The SMILES string of the molecule is CCCOCCCOCCCCOC(=O)CCCCCOC. The maximum atomic E-state index is 11.4. The third-order valence-corrected chi connectivity index (χ3v) is 3.10. The van der Waals surface area contributed by atoms with Crippen molar-refractivity contribution in [3.8, 4) is 0 Å². The van der Waals surface area contributed by atoms with Crippen molar-refractivity contribution in [1.82, 2.24) is 0 Å². The zero-order chi connectivity index (χ0) is 16.3. The molecule has 0 aliphatic heterocycles. The van der Waals surface area contributed by atoms with Gasteiger partial charge < -0.3 is 18.9 Å². The molecule has 0 aromatic rings. The molecule has 0 rings (SSSR count). The van der Waals surface area contributed by atoms with Crippen molar-refractivity contribution in [3.05, 3.63) is 0 Å². The standard InChI is InChI=1S/C17H34O5/c1-3-11-20-14-9-15-21-13-7-8-16-22-17(18)10-5-4-6-12-19-2/h3-16H2,1-2H3. The van der Waals surface area contributed by atoms with E-state index >= 15 is 0 Å². The van der Waals surface area contributed by atoms with E-state index < -0.39 is 0 Å². The van der Waals surface area contributed by atoms with Gasteiger partial charge in [-0.1, -0.05) is 13.3 Å². The molecule has 0 radical (unpaired) electrons. The quantitative estimate of drug-likeness (QED) is 0.304. The van der Waals surface area contributed by atoms with Crippen LogP contribution in [0.2, 0.25) is 0 Å². The van der Waals surface area contributed by atoms with Crippen LogP contribution < -0.4 is 0 Å². The van der Waals surface area contributed by atoms with E-state index in [-0.39, 0.29) is 5.97 Å². The van der Waals surface area contributed by atoms with Crippen LogP contribution in [0.3, 0.4) is 0 Å². The first-order chi connectivity index (χ1) is 10.8. The van der Waals surface area contributed by atoms with E-state index in [4.69, 9.17) is 18.9 Å². The molecule has 0 saturated heterocycles. The Kier molecular flexibility index (Phi) is 17.9. The Morgan fingerprint density at radius 2 is 1.36 bits per heavy atom. The normalized spacial score (nSPS) is 10.8. The minimum atomic E-state index is -0.0913. The van der Waals surface area contributed by atoms with Crippen molar-refractivity contribution in [2.45, 2.75) is 58.3 Å². The molecule has 0 amide bonds. The highest BCUT2D eigenvalue weighted by Gasteiger charge is 2.02. The van der Waals surface area contributed by atoms with Crippen molar-refractivity contribution in [1.29, 1.82) is 0 Å².